The zero-order valence-electron chi connectivity index (χ0n) is 12.5. The van der Waals surface area contributed by atoms with Crippen LogP contribution in [0.3, 0.4) is 0 Å². The van der Waals surface area contributed by atoms with Crippen molar-refractivity contribution in [1.82, 2.24) is 14.8 Å². The van der Waals surface area contributed by atoms with Crippen LogP contribution in [-0.4, -0.2) is 20.7 Å². The number of nitrogens with one attached hydrogen (secondary N) is 1. The van der Waals surface area contributed by atoms with E-state index < -0.39 is 11.3 Å². The summed E-state index contributed by atoms with van der Waals surface area (Å²) < 4.78 is 1.48. The molecule has 1 N–H and O–H groups in total. The van der Waals surface area contributed by atoms with E-state index >= 15 is 0 Å². The third-order valence-corrected chi connectivity index (χ3v) is 3.71. The van der Waals surface area contributed by atoms with Gasteiger partial charge in [0.05, 0.1) is 10.9 Å². The molecule has 6 nitrogen and oxygen atoms in total. The van der Waals surface area contributed by atoms with Crippen molar-refractivity contribution in [2.75, 3.05) is 5.32 Å². The fraction of sp³-hybridized carbons (Fsp3) is 0.125. The van der Waals surface area contributed by atoms with Crippen LogP contribution in [-0.2, 0) is 7.05 Å². The first-order chi connectivity index (χ1) is 11.0. The van der Waals surface area contributed by atoms with Gasteiger partial charge in [-0.25, -0.2) is 4.98 Å². The van der Waals surface area contributed by atoms with Gasteiger partial charge in [-0.3, -0.25) is 14.3 Å². The van der Waals surface area contributed by atoms with Crippen LogP contribution in [0.4, 0.5) is 5.82 Å². The Balaban J connectivity index is 2.09. The summed E-state index contributed by atoms with van der Waals surface area (Å²) in [4.78, 5) is 29.0. The summed E-state index contributed by atoms with van der Waals surface area (Å²) in [5, 5.41) is 7.46. The van der Waals surface area contributed by atoms with Crippen molar-refractivity contribution in [2.45, 2.75) is 6.92 Å². The quantitative estimate of drug-likeness (QED) is 0.784. The number of nitrogens with zero attached hydrogens (tertiary/aromatic N) is 3. The number of pyridine rings is 1. The zero-order chi connectivity index (χ0) is 16.6. The Morgan fingerprint density at radius 2 is 2.09 bits per heavy atom. The number of rotatable bonds is 2. The summed E-state index contributed by atoms with van der Waals surface area (Å²) in [7, 11) is 1.67. The number of hydrogen-bond acceptors (Lipinski definition) is 4. The number of benzene rings is 1. The molecule has 3 rings (SSSR count). The number of aromatic nitrogens is 3. The first-order valence-electron chi connectivity index (χ1n) is 6.87. The molecule has 3 aromatic rings. The van der Waals surface area contributed by atoms with E-state index in [4.69, 9.17) is 11.6 Å². The highest BCUT2D eigenvalue weighted by atomic mass is 35.5. The number of carbonyl (C=O) groups excluding carboxylic acids is 1. The minimum Gasteiger partial charge on any atom is -0.305 e. The van der Waals surface area contributed by atoms with E-state index in [0.717, 1.165) is 5.56 Å². The molecule has 1 aromatic carbocycles. The number of aryl methyl sites for hydroxylation is 2. The van der Waals surface area contributed by atoms with Crippen molar-refractivity contribution in [3.63, 3.8) is 0 Å². The molecule has 0 fully saturated rings. The Morgan fingerprint density at radius 3 is 2.83 bits per heavy atom. The fourth-order valence-corrected chi connectivity index (χ4v) is 2.45. The number of fused-ring (bicyclic) bond motifs is 1. The Bertz CT molecular complexity index is 981. The number of amides is 1. The van der Waals surface area contributed by atoms with E-state index in [0.29, 0.717) is 21.7 Å². The number of anilines is 1. The van der Waals surface area contributed by atoms with Crippen LogP contribution >= 0.6 is 11.6 Å². The van der Waals surface area contributed by atoms with Gasteiger partial charge >= 0.3 is 0 Å². The highest BCUT2D eigenvalue weighted by Gasteiger charge is 2.18. The lowest BCUT2D eigenvalue weighted by Gasteiger charge is -2.09. The molecule has 0 aliphatic rings. The molecule has 0 unspecified atom stereocenters. The van der Waals surface area contributed by atoms with Gasteiger partial charge in [-0.2, -0.15) is 5.10 Å². The average molecular weight is 329 g/mol. The first kappa shape index (κ1) is 15.2. The van der Waals surface area contributed by atoms with E-state index in [1.54, 1.807) is 31.4 Å². The maximum atomic E-state index is 12.5. The van der Waals surface area contributed by atoms with Crippen molar-refractivity contribution >= 4 is 34.2 Å². The lowest BCUT2D eigenvalue weighted by atomic mass is 10.2. The van der Waals surface area contributed by atoms with Gasteiger partial charge in [0.15, 0.2) is 5.69 Å². The number of halogens is 1. The topological polar surface area (TPSA) is 76.9 Å². The van der Waals surface area contributed by atoms with Gasteiger partial charge in [-0.1, -0.05) is 17.7 Å². The molecule has 0 bridgehead atoms. The molecular weight excluding hydrogens is 316 g/mol. The molecule has 23 heavy (non-hydrogen) atoms. The van der Waals surface area contributed by atoms with Gasteiger partial charge in [0, 0.05) is 18.3 Å². The van der Waals surface area contributed by atoms with Gasteiger partial charge < -0.3 is 5.32 Å². The zero-order valence-corrected chi connectivity index (χ0v) is 13.3. The highest BCUT2D eigenvalue weighted by Crippen LogP contribution is 2.16. The molecular formula is C16H13ClN4O2. The van der Waals surface area contributed by atoms with Crippen LogP contribution in [0.1, 0.15) is 16.1 Å². The summed E-state index contributed by atoms with van der Waals surface area (Å²) in [6.45, 7) is 1.81. The van der Waals surface area contributed by atoms with Crippen LogP contribution < -0.4 is 10.7 Å². The van der Waals surface area contributed by atoms with Crippen molar-refractivity contribution in [2.24, 2.45) is 7.05 Å². The van der Waals surface area contributed by atoms with E-state index in [-0.39, 0.29) is 5.69 Å². The molecule has 0 spiro atoms. The van der Waals surface area contributed by atoms with Crippen LogP contribution in [0.2, 0.25) is 5.02 Å². The fourth-order valence-electron chi connectivity index (χ4n) is 2.28. The van der Waals surface area contributed by atoms with Crippen molar-refractivity contribution in [3.05, 3.63) is 63.0 Å². The van der Waals surface area contributed by atoms with Crippen molar-refractivity contribution in [1.29, 1.82) is 0 Å². The van der Waals surface area contributed by atoms with Crippen molar-refractivity contribution in [3.8, 4) is 0 Å². The summed E-state index contributed by atoms with van der Waals surface area (Å²) in [6.07, 6.45) is 1.56. The summed E-state index contributed by atoms with van der Waals surface area (Å²) in [6, 6.07) is 8.47. The molecule has 7 heteroatoms. The molecule has 116 valence electrons. The maximum absolute atomic E-state index is 12.5. The molecule has 0 saturated heterocycles. The minimum absolute atomic E-state index is 0.202. The molecule has 2 heterocycles. The van der Waals surface area contributed by atoms with Crippen molar-refractivity contribution < 1.29 is 4.79 Å². The molecule has 0 aliphatic heterocycles. The van der Waals surface area contributed by atoms with E-state index in [1.165, 1.54) is 10.7 Å². The third-order valence-electron chi connectivity index (χ3n) is 3.47. The lowest BCUT2D eigenvalue weighted by Crippen LogP contribution is -2.27. The minimum atomic E-state index is -0.603. The van der Waals surface area contributed by atoms with Crippen LogP contribution in [0.15, 0.2) is 41.3 Å². The second kappa shape index (κ2) is 5.81. The van der Waals surface area contributed by atoms with E-state index in [1.807, 2.05) is 13.0 Å². The Morgan fingerprint density at radius 1 is 1.30 bits per heavy atom. The van der Waals surface area contributed by atoms with E-state index in [9.17, 15) is 9.59 Å². The van der Waals surface area contributed by atoms with Gasteiger partial charge in [-0.15, -0.1) is 0 Å². The SMILES string of the molecule is Cc1cccnc1NC(=O)c1nn(C)c2ccc(Cl)cc2c1=O. The first-order valence-corrected chi connectivity index (χ1v) is 7.24. The van der Waals surface area contributed by atoms with Gasteiger partial charge in [0.1, 0.15) is 5.82 Å². The smallest absolute Gasteiger partial charge is 0.281 e. The molecule has 1 amide bonds. The Labute approximate surface area is 136 Å². The second-order valence-electron chi connectivity index (χ2n) is 5.09. The maximum Gasteiger partial charge on any atom is 0.281 e. The van der Waals surface area contributed by atoms with Crippen LogP contribution in [0.5, 0.6) is 0 Å². The van der Waals surface area contributed by atoms with E-state index in [2.05, 4.69) is 15.4 Å². The van der Waals surface area contributed by atoms with Crippen LogP contribution in [0, 0.1) is 6.92 Å². The van der Waals surface area contributed by atoms with Crippen LogP contribution in [0.25, 0.3) is 10.9 Å². The molecule has 0 atom stereocenters. The predicted molar refractivity (Wildman–Crippen MR) is 88.9 cm³/mol. The molecule has 0 radical (unpaired) electrons. The number of hydrogen-bond donors (Lipinski definition) is 1. The standard InChI is InChI=1S/C16H13ClN4O2/c1-9-4-3-7-18-15(9)19-16(23)13-14(22)11-8-10(17)5-6-12(11)21(2)20-13/h3-8H,1-2H3,(H,18,19,23). The largest absolute Gasteiger partial charge is 0.305 e. The second-order valence-corrected chi connectivity index (χ2v) is 5.52. The molecule has 0 aliphatic carbocycles. The predicted octanol–water partition coefficient (Wildman–Crippen LogP) is 2.54. The Kier molecular flexibility index (Phi) is 3.83. The summed E-state index contributed by atoms with van der Waals surface area (Å²) in [5.41, 5.74) is 0.727. The summed E-state index contributed by atoms with van der Waals surface area (Å²) >= 11 is 5.95. The lowest BCUT2D eigenvalue weighted by molar-refractivity contribution is 0.101. The highest BCUT2D eigenvalue weighted by molar-refractivity contribution is 6.31. The molecule has 2 aromatic heterocycles. The van der Waals surface area contributed by atoms with Gasteiger partial charge in [0.2, 0.25) is 5.43 Å². The normalized spacial score (nSPS) is 10.7. The number of carbonyl (C=O) groups is 1. The average Bonchev–Trinajstić information content (AvgIpc) is 2.53. The molecule has 0 saturated carbocycles. The summed E-state index contributed by atoms with van der Waals surface area (Å²) in [5.74, 6) is -0.207. The third kappa shape index (κ3) is 2.80. The van der Waals surface area contributed by atoms with Gasteiger partial charge in [-0.05, 0) is 36.8 Å². The Hall–Kier alpha value is -2.73. The van der Waals surface area contributed by atoms with Gasteiger partial charge in [0.25, 0.3) is 5.91 Å². The monoisotopic (exact) mass is 328 g/mol.